The molecule has 32 heavy (non-hydrogen) atoms. The van der Waals surface area contributed by atoms with E-state index in [1.165, 1.54) is 29.1 Å². The third-order valence-electron chi connectivity index (χ3n) is 4.74. The normalized spacial score (nSPS) is 15.5. The second-order valence-corrected chi connectivity index (χ2v) is 7.29. The molecule has 1 aliphatic rings. The van der Waals surface area contributed by atoms with Crippen LogP contribution in [0.2, 0.25) is 0 Å². The molecule has 166 valence electrons. The minimum atomic E-state index is -0.987. The van der Waals surface area contributed by atoms with Crippen LogP contribution in [0.25, 0.3) is 0 Å². The van der Waals surface area contributed by atoms with Crippen molar-refractivity contribution in [3.63, 3.8) is 0 Å². The van der Waals surface area contributed by atoms with Crippen LogP contribution < -0.4 is 10.7 Å². The smallest absolute Gasteiger partial charge is 0.338 e. The number of hydrogen-bond acceptors (Lipinski definition) is 6. The molecular formula is C22H22N4O5S. The van der Waals surface area contributed by atoms with E-state index in [-0.39, 0.29) is 18.1 Å². The summed E-state index contributed by atoms with van der Waals surface area (Å²) in [7, 11) is 1.48. The van der Waals surface area contributed by atoms with Gasteiger partial charge < -0.3 is 10.1 Å². The average molecular weight is 455 g/mol. The summed E-state index contributed by atoms with van der Waals surface area (Å²) in [4.78, 5) is 50.7. The maximum Gasteiger partial charge on any atom is 0.338 e. The van der Waals surface area contributed by atoms with Gasteiger partial charge in [-0.1, -0.05) is 18.2 Å². The molecule has 0 bridgehead atoms. The number of carbonyl (C=O) groups is 4. The number of carbonyl (C=O) groups excluding carboxylic acids is 4. The number of thiocarbonyl (C=S) groups is 1. The summed E-state index contributed by atoms with van der Waals surface area (Å²) in [6.45, 7) is 1.98. The molecular weight excluding hydrogens is 432 g/mol. The highest BCUT2D eigenvalue weighted by Crippen LogP contribution is 2.19. The molecule has 9 nitrogen and oxygen atoms in total. The van der Waals surface area contributed by atoms with Crippen LogP contribution >= 0.6 is 12.2 Å². The number of rotatable bonds is 7. The molecule has 3 amide bonds. The molecule has 1 saturated heterocycles. The predicted molar refractivity (Wildman–Crippen MR) is 121 cm³/mol. The van der Waals surface area contributed by atoms with Crippen LogP contribution in [-0.4, -0.2) is 58.4 Å². The summed E-state index contributed by atoms with van der Waals surface area (Å²) >= 11 is 5.27. The van der Waals surface area contributed by atoms with Crippen molar-refractivity contribution in [1.82, 2.24) is 15.3 Å². The Morgan fingerprint density at radius 2 is 1.69 bits per heavy atom. The van der Waals surface area contributed by atoms with Gasteiger partial charge in [-0.25, -0.2) is 9.80 Å². The lowest BCUT2D eigenvalue weighted by Crippen LogP contribution is -2.49. The van der Waals surface area contributed by atoms with Gasteiger partial charge >= 0.3 is 5.97 Å². The first-order valence-electron chi connectivity index (χ1n) is 9.85. The first-order chi connectivity index (χ1) is 15.3. The van der Waals surface area contributed by atoms with Gasteiger partial charge in [0.15, 0.2) is 5.11 Å². The number of hydrogen-bond donors (Lipinski definition) is 2. The van der Waals surface area contributed by atoms with Gasteiger partial charge in [-0.05, 0) is 55.5 Å². The highest BCUT2D eigenvalue weighted by atomic mass is 32.1. The predicted octanol–water partition coefficient (Wildman–Crippen LogP) is 1.96. The standard InChI is InChI=1S/C22H22N4O5S/c1-3-31-21(30)15-9-11-16(12-10-15)23-18(27)13-17-20(29)25(2)22(32)26(17)24-19(28)14-7-5-4-6-8-14/h4-12,17H,3,13H2,1-2H3,(H,23,27)(H,24,28)/t17-/m1/s1. The molecule has 3 rings (SSSR count). The molecule has 0 aliphatic carbocycles. The molecule has 2 aromatic rings. The minimum absolute atomic E-state index is 0.0934. The van der Waals surface area contributed by atoms with Crippen LogP contribution in [0, 0.1) is 0 Å². The zero-order valence-electron chi connectivity index (χ0n) is 17.5. The molecule has 1 heterocycles. The van der Waals surface area contributed by atoms with Crippen LogP contribution in [0.5, 0.6) is 0 Å². The molecule has 0 spiro atoms. The van der Waals surface area contributed by atoms with E-state index in [1.54, 1.807) is 49.4 Å². The number of amides is 3. The van der Waals surface area contributed by atoms with E-state index in [2.05, 4.69) is 10.7 Å². The summed E-state index contributed by atoms with van der Waals surface area (Å²) in [6.07, 6.45) is -0.238. The molecule has 1 aliphatic heterocycles. The van der Waals surface area contributed by atoms with Gasteiger partial charge in [0.1, 0.15) is 6.04 Å². The number of nitrogens with one attached hydrogen (secondary N) is 2. The van der Waals surface area contributed by atoms with Gasteiger partial charge in [0, 0.05) is 18.3 Å². The Bertz CT molecular complexity index is 1040. The van der Waals surface area contributed by atoms with E-state index in [1.807, 2.05) is 0 Å². The molecule has 0 unspecified atom stereocenters. The van der Waals surface area contributed by atoms with E-state index in [0.29, 0.717) is 16.8 Å². The lowest BCUT2D eigenvalue weighted by Gasteiger charge is -2.24. The summed E-state index contributed by atoms with van der Waals surface area (Å²) < 4.78 is 4.92. The maximum atomic E-state index is 12.6. The van der Waals surface area contributed by atoms with Crippen LogP contribution in [0.4, 0.5) is 5.69 Å². The molecule has 0 aromatic heterocycles. The fraction of sp³-hybridized carbons (Fsp3) is 0.227. The summed E-state index contributed by atoms with van der Waals surface area (Å²) in [5.41, 5.74) is 3.81. The quantitative estimate of drug-likeness (QED) is 0.486. The number of nitrogens with zero attached hydrogens (tertiary/aromatic N) is 2. The average Bonchev–Trinajstić information content (AvgIpc) is 2.98. The van der Waals surface area contributed by atoms with Crippen LogP contribution in [0.15, 0.2) is 54.6 Å². The minimum Gasteiger partial charge on any atom is -0.462 e. The fourth-order valence-electron chi connectivity index (χ4n) is 3.08. The first kappa shape index (κ1) is 22.9. The highest BCUT2D eigenvalue weighted by Gasteiger charge is 2.42. The highest BCUT2D eigenvalue weighted by molar-refractivity contribution is 7.80. The second-order valence-electron chi connectivity index (χ2n) is 6.92. The Morgan fingerprint density at radius 3 is 2.31 bits per heavy atom. The summed E-state index contributed by atoms with van der Waals surface area (Å²) in [5.74, 6) is -1.76. The van der Waals surface area contributed by atoms with Crippen molar-refractivity contribution in [1.29, 1.82) is 0 Å². The van der Waals surface area contributed by atoms with Gasteiger partial charge in [-0.15, -0.1) is 0 Å². The van der Waals surface area contributed by atoms with Crippen molar-refractivity contribution in [2.75, 3.05) is 19.0 Å². The SMILES string of the molecule is CCOC(=O)c1ccc(NC(=O)C[C@@H]2C(=O)N(C)C(=S)N2NC(=O)c2ccccc2)cc1. The Labute approximate surface area is 190 Å². The zero-order valence-corrected chi connectivity index (χ0v) is 18.3. The largest absolute Gasteiger partial charge is 0.462 e. The van der Waals surface area contributed by atoms with Gasteiger partial charge in [0.25, 0.3) is 11.8 Å². The third kappa shape index (κ3) is 5.09. The van der Waals surface area contributed by atoms with E-state index >= 15 is 0 Å². The van der Waals surface area contributed by atoms with E-state index in [4.69, 9.17) is 17.0 Å². The topological polar surface area (TPSA) is 108 Å². The van der Waals surface area contributed by atoms with E-state index in [0.717, 1.165) is 0 Å². The molecule has 0 radical (unpaired) electrons. The third-order valence-corrected chi connectivity index (χ3v) is 5.21. The van der Waals surface area contributed by atoms with Crippen molar-refractivity contribution in [3.05, 3.63) is 65.7 Å². The van der Waals surface area contributed by atoms with Crippen molar-refractivity contribution in [2.24, 2.45) is 0 Å². The maximum absolute atomic E-state index is 12.6. The van der Waals surface area contributed by atoms with E-state index in [9.17, 15) is 19.2 Å². The Kier molecular flexibility index (Phi) is 7.16. The van der Waals surface area contributed by atoms with Crippen LogP contribution in [0.1, 0.15) is 34.1 Å². The monoisotopic (exact) mass is 454 g/mol. The Hall–Kier alpha value is -3.79. The van der Waals surface area contributed by atoms with Crippen LogP contribution in [0.3, 0.4) is 0 Å². The molecule has 10 heteroatoms. The molecule has 0 saturated carbocycles. The number of likely N-dealkylation sites (N-methyl/N-ethyl adjacent to an activating group) is 1. The first-order valence-corrected chi connectivity index (χ1v) is 10.3. The number of anilines is 1. The fourth-order valence-corrected chi connectivity index (χ4v) is 3.35. The van der Waals surface area contributed by atoms with Gasteiger partial charge in [0.05, 0.1) is 18.6 Å². The molecule has 1 atom stereocenters. The number of ether oxygens (including phenoxy) is 1. The van der Waals surface area contributed by atoms with Gasteiger partial charge in [-0.3, -0.25) is 24.7 Å². The van der Waals surface area contributed by atoms with Crippen molar-refractivity contribution >= 4 is 46.7 Å². The summed E-state index contributed by atoms with van der Waals surface area (Å²) in [5, 5.41) is 4.00. The van der Waals surface area contributed by atoms with E-state index < -0.39 is 29.7 Å². The van der Waals surface area contributed by atoms with Gasteiger partial charge in [0.2, 0.25) is 5.91 Å². The molecule has 2 N–H and O–H groups in total. The number of esters is 1. The lowest BCUT2D eigenvalue weighted by atomic mass is 10.1. The zero-order chi connectivity index (χ0) is 23.3. The second kappa shape index (κ2) is 10.0. The van der Waals surface area contributed by atoms with Crippen molar-refractivity contribution in [2.45, 2.75) is 19.4 Å². The summed E-state index contributed by atoms with van der Waals surface area (Å²) in [6, 6.07) is 13.7. The lowest BCUT2D eigenvalue weighted by molar-refractivity contribution is -0.130. The number of hydrazine groups is 1. The van der Waals surface area contributed by atoms with Crippen LogP contribution in [-0.2, 0) is 14.3 Å². The van der Waals surface area contributed by atoms with Crippen molar-refractivity contribution in [3.8, 4) is 0 Å². The number of benzene rings is 2. The van der Waals surface area contributed by atoms with Gasteiger partial charge in [-0.2, -0.15) is 0 Å². The molecule has 2 aromatic carbocycles. The Morgan fingerprint density at radius 1 is 1.03 bits per heavy atom. The van der Waals surface area contributed by atoms with Crippen molar-refractivity contribution < 1.29 is 23.9 Å². The molecule has 1 fully saturated rings. The Balaban J connectivity index is 1.67.